The first-order chi connectivity index (χ1) is 7.34. The van der Waals surface area contributed by atoms with Gasteiger partial charge in [0, 0.05) is 12.5 Å². The van der Waals surface area contributed by atoms with E-state index in [0.717, 1.165) is 25.9 Å². The number of carbonyl (C=O) groups excluding carboxylic acids is 1. The molecule has 0 bridgehead atoms. The summed E-state index contributed by atoms with van der Waals surface area (Å²) in [6.45, 7) is 2.21. The lowest BCUT2D eigenvalue weighted by Crippen LogP contribution is -2.40. The molecule has 1 atom stereocenters. The smallest absolute Gasteiger partial charge is 0.220 e. The molecule has 0 aromatic carbocycles. The molecule has 2 rings (SSSR count). The monoisotopic (exact) mass is 210 g/mol. The van der Waals surface area contributed by atoms with Crippen molar-refractivity contribution in [3.05, 3.63) is 0 Å². The van der Waals surface area contributed by atoms with Crippen LogP contribution in [-0.4, -0.2) is 25.0 Å². The van der Waals surface area contributed by atoms with Crippen LogP contribution in [0.1, 0.15) is 44.9 Å². The molecule has 1 saturated carbocycles. The predicted molar refractivity (Wildman–Crippen MR) is 60.6 cm³/mol. The standard InChI is InChI=1S/C12H22N2O/c15-12(14-11-4-1-5-11)9-10-3-2-7-13-8-6-10/h10-11,13H,1-9H2,(H,14,15). The first-order valence-electron chi connectivity index (χ1n) is 6.34. The summed E-state index contributed by atoms with van der Waals surface area (Å²) in [6.07, 6.45) is 8.02. The molecule has 86 valence electrons. The fourth-order valence-corrected chi connectivity index (χ4v) is 2.40. The number of rotatable bonds is 3. The molecule has 0 spiro atoms. The van der Waals surface area contributed by atoms with Crippen LogP contribution in [0.25, 0.3) is 0 Å². The van der Waals surface area contributed by atoms with E-state index in [1.54, 1.807) is 0 Å². The van der Waals surface area contributed by atoms with Crippen LogP contribution in [0, 0.1) is 5.92 Å². The quantitative estimate of drug-likeness (QED) is 0.740. The second-order valence-corrected chi connectivity index (χ2v) is 4.95. The molecule has 2 fully saturated rings. The average molecular weight is 210 g/mol. The van der Waals surface area contributed by atoms with Crippen molar-refractivity contribution in [1.82, 2.24) is 10.6 Å². The van der Waals surface area contributed by atoms with Crippen LogP contribution in [0.3, 0.4) is 0 Å². The van der Waals surface area contributed by atoms with Crippen LogP contribution in [0.15, 0.2) is 0 Å². The zero-order valence-electron chi connectivity index (χ0n) is 9.43. The summed E-state index contributed by atoms with van der Waals surface area (Å²) in [6, 6.07) is 0.501. The highest BCUT2D eigenvalue weighted by molar-refractivity contribution is 5.76. The van der Waals surface area contributed by atoms with Gasteiger partial charge in [0.2, 0.25) is 5.91 Å². The summed E-state index contributed by atoms with van der Waals surface area (Å²) in [5.41, 5.74) is 0. The van der Waals surface area contributed by atoms with Gasteiger partial charge in [-0.2, -0.15) is 0 Å². The van der Waals surface area contributed by atoms with Crippen molar-refractivity contribution in [1.29, 1.82) is 0 Å². The summed E-state index contributed by atoms with van der Waals surface area (Å²) in [7, 11) is 0. The van der Waals surface area contributed by atoms with Crippen LogP contribution in [0.5, 0.6) is 0 Å². The van der Waals surface area contributed by atoms with Crippen molar-refractivity contribution >= 4 is 5.91 Å². The largest absolute Gasteiger partial charge is 0.353 e. The van der Waals surface area contributed by atoms with Gasteiger partial charge in [0.15, 0.2) is 0 Å². The molecule has 1 saturated heterocycles. The molecule has 0 aromatic heterocycles. The lowest BCUT2D eigenvalue weighted by Gasteiger charge is -2.27. The third-order valence-electron chi connectivity index (χ3n) is 3.64. The zero-order valence-corrected chi connectivity index (χ0v) is 9.43. The Morgan fingerprint density at radius 2 is 2.00 bits per heavy atom. The zero-order chi connectivity index (χ0) is 10.5. The van der Waals surface area contributed by atoms with E-state index in [4.69, 9.17) is 0 Å². The van der Waals surface area contributed by atoms with Crippen LogP contribution in [0.4, 0.5) is 0 Å². The van der Waals surface area contributed by atoms with Crippen molar-refractivity contribution in [2.45, 2.75) is 51.0 Å². The highest BCUT2D eigenvalue weighted by atomic mass is 16.1. The maximum absolute atomic E-state index is 11.7. The van der Waals surface area contributed by atoms with E-state index in [-0.39, 0.29) is 5.91 Å². The summed E-state index contributed by atoms with van der Waals surface area (Å²) in [5.74, 6) is 0.895. The van der Waals surface area contributed by atoms with Crippen LogP contribution in [-0.2, 0) is 4.79 Å². The fourth-order valence-electron chi connectivity index (χ4n) is 2.40. The van der Waals surface area contributed by atoms with Gasteiger partial charge in [-0.3, -0.25) is 4.79 Å². The van der Waals surface area contributed by atoms with Crippen molar-refractivity contribution in [3.63, 3.8) is 0 Å². The normalized spacial score (nSPS) is 27.9. The molecule has 2 N–H and O–H groups in total. The minimum Gasteiger partial charge on any atom is -0.353 e. The lowest BCUT2D eigenvalue weighted by molar-refractivity contribution is -0.123. The Labute approximate surface area is 92.0 Å². The molecule has 2 aliphatic rings. The van der Waals surface area contributed by atoms with E-state index in [0.29, 0.717) is 12.0 Å². The van der Waals surface area contributed by atoms with Crippen molar-refractivity contribution in [3.8, 4) is 0 Å². The van der Waals surface area contributed by atoms with Crippen LogP contribution >= 0.6 is 0 Å². The molecule has 0 radical (unpaired) electrons. The third-order valence-corrected chi connectivity index (χ3v) is 3.64. The van der Waals surface area contributed by atoms with Gasteiger partial charge in [-0.25, -0.2) is 0 Å². The van der Waals surface area contributed by atoms with Gasteiger partial charge >= 0.3 is 0 Å². The number of carbonyl (C=O) groups is 1. The predicted octanol–water partition coefficient (Wildman–Crippen LogP) is 1.43. The van der Waals surface area contributed by atoms with E-state index >= 15 is 0 Å². The second-order valence-electron chi connectivity index (χ2n) is 4.95. The summed E-state index contributed by atoms with van der Waals surface area (Å²) < 4.78 is 0. The molecule has 1 aliphatic heterocycles. The van der Waals surface area contributed by atoms with Gasteiger partial charge in [0.25, 0.3) is 0 Å². The molecular weight excluding hydrogens is 188 g/mol. The maximum Gasteiger partial charge on any atom is 0.220 e. The highest BCUT2D eigenvalue weighted by Gasteiger charge is 2.21. The first-order valence-corrected chi connectivity index (χ1v) is 6.34. The van der Waals surface area contributed by atoms with E-state index < -0.39 is 0 Å². The average Bonchev–Trinajstić information content (AvgIpc) is 2.40. The van der Waals surface area contributed by atoms with Gasteiger partial charge in [-0.1, -0.05) is 0 Å². The number of hydrogen-bond donors (Lipinski definition) is 2. The summed E-state index contributed by atoms with van der Waals surface area (Å²) in [4.78, 5) is 11.7. The lowest BCUT2D eigenvalue weighted by atomic mass is 9.92. The number of nitrogens with one attached hydrogen (secondary N) is 2. The molecule has 3 heteroatoms. The Bertz CT molecular complexity index is 206. The van der Waals surface area contributed by atoms with E-state index in [1.165, 1.54) is 32.1 Å². The minimum absolute atomic E-state index is 0.284. The second kappa shape index (κ2) is 5.50. The van der Waals surface area contributed by atoms with Gasteiger partial charge in [0.1, 0.15) is 0 Å². The van der Waals surface area contributed by atoms with E-state index in [9.17, 15) is 4.79 Å². The van der Waals surface area contributed by atoms with Crippen LogP contribution < -0.4 is 10.6 Å². The van der Waals surface area contributed by atoms with Gasteiger partial charge < -0.3 is 10.6 Å². The van der Waals surface area contributed by atoms with E-state index in [1.807, 2.05) is 0 Å². The Kier molecular flexibility index (Phi) is 4.01. The Morgan fingerprint density at radius 1 is 1.13 bits per heavy atom. The van der Waals surface area contributed by atoms with Gasteiger partial charge in [-0.05, 0) is 57.5 Å². The summed E-state index contributed by atoms with van der Waals surface area (Å²) in [5, 5.41) is 6.51. The Balaban J connectivity index is 1.67. The van der Waals surface area contributed by atoms with Gasteiger partial charge in [-0.15, -0.1) is 0 Å². The molecule has 15 heavy (non-hydrogen) atoms. The molecule has 1 heterocycles. The minimum atomic E-state index is 0.284. The number of hydrogen-bond acceptors (Lipinski definition) is 2. The highest BCUT2D eigenvalue weighted by Crippen LogP contribution is 2.20. The number of amides is 1. The molecule has 3 nitrogen and oxygen atoms in total. The van der Waals surface area contributed by atoms with Crippen molar-refractivity contribution < 1.29 is 4.79 Å². The fraction of sp³-hybridized carbons (Fsp3) is 0.917. The summed E-state index contributed by atoms with van der Waals surface area (Å²) >= 11 is 0. The Hall–Kier alpha value is -0.570. The topological polar surface area (TPSA) is 41.1 Å². The third kappa shape index (κ3) is 3.49. The molecular formula is C12H22N2O. The SMILES string of the molecule is O=C(CC1CCCNCC1)NC1CCC1. The molecule has 1 unspecified atom stereocenters. The molecule has 1 amide bonds. The Morgan fingerprint density at radius 3 is 2.73 bits per heavy atom. The maximum atomic E-state index is 11.7. The van der Waals surface area contributed by atoms with Crippen LogP contribution in [0.2, 0.25) is 0 Å². The van der Waals surface area contributed by atoms with E-state index in [2.05, 4.69) is 10.6 Å². The molecule has 0 aromatic rings. The van der Waals surface area contributed by atoms with Crippen molar-refractivity contribution in [2.24, 2.45) is 5.92 Å². The van der Waals surface area contributed by atoms with Gasteiger partial charge in [0.05, 0.1) is 0 Å². The van der Waals surface area contributed by atoms with Crippen molar-refractivity contribution in [2.75, 3.05) is 13.1 Å². The first kappa shape index (κ1) is 10.9. The molecule has 1 aliphatic carbocycles.